The fourth-order valence-corrected chi connectivity index (χ4v) is 0.691. The Kier molecular flexibility index (Phi) is 7.30. The molecule has 76 valence electrons. The maximum Gasteiger partial charge on any atom is 0.573 e. The third kappa shape index (κ3) is 6.27. The molecule has 0 saturated carbocycles. The van der Waals surface area contributed by atoms with Gasteiger partial charge in [-0.05, 0) is 0 Å². The third-order valence-electron chi connectivity index (χ3n) is 1.16. The minimum Gasteiger partial charge on any atom is -0.408 e. The van der Waals surface area contributed by atoms with Gasteiger partial charge in [0.15, 0.2) is 0 Å². The van der Waals surface area contributed by atoms with E-state index in [1.165, 1.54) is 24.3 Å². The van der Waals surface area contributed by atoms with Gasteiger partial charge < -0.3 is 4.74 Å². The van der Waals surface area contributed by atoms with Crippen LogP contribution in [0.15, 0.2) is 24.3 Å². The standard InChI is InChI=1S/C8H6F3O.BrH.Zn/c1-6-2-4-7(5-3-6)12-8(9,10)11;;/h2-5H,1H2;1H;/q-1;;. The molecule has 6 heteroatoms. The van der Waals surface area contributed by atoms with Crippen LogP contribution in [-0.2, 0) is 19.5 Å². The smallest absolute Gasteiger partial charge is 0.408 e. The fourth-order valence-electron chi connectivity index (χ4n) is 0.691. The molecule has 0 radical (unpaired) electrons. The van der Waals surface area contributed by atoms with E-state index in [0.717, 1.165) is 0 Å². The van der Waals surface area contributed by atoms with E-state index in [1.54, 1.807) is 0 Å². The number of hydrogen-bond donors (Lipinski definition) is 0. The number of benzene rings is 1. The minimum atomic E-state index is -4.62. The Morgan fingerprint density at radius 2 is 1.50 bits per heavy atom. The molecule has 0 aliphatic heterocycles. The van der Waals surface area contributed by atoms with Crippen LogP contribution in [0.1, 0.15) is 5.56 Å². The van der Waals surface area contributed by atoms with Crippen LogP contribution in [0, 0.1) is 6.92 Å². The largest absolute Gasteiger partial charge is 0.573 e. The maximum absolute atomic E-state index is 11.6. The molecule has 14 heavy (non-hydrogen) atoms. The second-order valence-electron chi connectivity index (χ2n) is 2.19. The second-order valence-corrected chi connectivity index (χ2v) is 2.19. The summed E-state index contributed by atoms with van der Waals surface area (Å²) in [6.45, 7) is 3.52. The first kappa shape index (κ1) is 16.2. The summed E-state index contributed by atoms with van der Waals surface area (Å²) in [5, 5.41) is 0. The van der Waals surface area contributed by atoms with Crippen molar-refractivity contribution in [3.05, 3.63) is 36.8 Å². The van der Waals surface area contributed by atoms with Gasteiger partial charge in [0, 0.05) is 19.5 Å². The van der Waals surface area contributed by atoms with Gasteiger partial charge in [0.2, 0.25) is 0 Å². The fraction of sp³-hybridized carbons (Fsp3) is 0.125. The minimum absolute atomic E-state index is 0. The monoisotopic (exact) mass is 319 g/mol. The molecule has 0 bridgehead atoms. The van der Waals surface area contributed by atoms with Crippen molar-refractivity contribution in [2.75, 3.05) is 0 Å². The summed E-state index contributed by atoms with van der Waals surface area (Å²) in [6, 6.07) is 5.33. The number of ether oxygens (including phenoxy) is 1. The molecule has 1 aromatic carbocycles. The zero-order valence-electron chi connectivity index (χ0n) is 7.17. The molecule has 0 amide bonds. The van der Waals surface area contributed by atoms with Crippen molar-refractivity contribution in [3.8, 4) is 5.75 Å². The van der Waals surface area contributed by atoms with Crippen molar-refractivity contribution in [3.63, 3.8) is 0 Å². The Bertz CT molecular complexity index is 260. The predicted octanol–water partition coefficient (Wildman–Crippen LogP) is 3.34. The molecule has 0 saturated heterocycles. The van der Waals surface area contributed by atoms with E-state index in [9.17, 15) is 13.2 Å². The number of rotatable bonds is 1. The van der Waals surface area contributed by atoms with Crippen molar-refractivity contribution >= 4 is 17.0 Å². The van der Waals surface area contributed by atoms with Crippen molar-refractivity contribution in [2.45, 2.75) is 6.36 Å². The summed E-state index contributed by atoms with van der Waals surface area (Å²) in [7, 11) is 0. The molecule has 0 atom stereocenters. The number of halogens is 4. The predicted molar refractivity (Wildman–Crippen MR) is 47.9 cm³/mol. The van der Waals surface area contributed by atoms with Crippen LogP contribution in [0.25, 0.3) is 0 Å². The summed E-state index contributed by atoms with van der Waals surface area (Å²) in [4.78, 5) is 0. The summed E-state index contributed by atoms with van der Waals surface area (Å²) >= 11 is 0. The van der Waals surface area contributed by atoms with Gasteiger partial charge in [-0.25, -0.2) is 0 Å². The molecule has 0 spiro atoms. The average molecular weight is 321 g/mol. The average Bonchev–Trinajstić information content (AvgIpc) is 1.91. The second kappa shape index (κ2) is 6.30. The van der Waals surface area contributed by atoms with E-state index >= 15 is 0 Å². The molecule has 0 aromatic heterocycles. The van der Waals surface area contributed by atoms with Gasteiger partial charge in [-0.15, -0.1) is 30.2 Å². The molecule has 0 unspecified atom stereocenters. The van der Waals surface area contributed by atoms with Crippen LogP contribution in [-0.4, -0.2) is 6.36 Å². The summed E-state index contributed by atoms with van der Waals surface area (Å²) in [6.07, 6.45) is -4.62. The van der Waals surface area contributed by atoms with E-state index in [2.05, 4.69) is 11.7 Å². The quantitative estimate of drug-likeness (QED) is 0.569. The Labute approximate surface area is 103 Å². The maximum atomic E-state index is 11.6. The Morgan fingerprint density at radius 3 is 1.86 bits per heavy atom. The Morgan fingerprint density at radius 1 is 1.07 bits per heavy atom. The van der Waals surface area contributed by atoms with E-state index in [4.69, 9.17) is 0 Å². The van der Waals surface area contributed by atoms with E-state index in [0.29, 0.717) is 5.56 Å². The van der Waals surface area contributed by atoms with Gasteiger partial charge in [0.05, 0.1) is 0 Å². The molecule has 0 heterocycles. The molecule has 1 nitrogen and oxygen atoms in total. The molecule has 1 rings (SSSR count). The van der Waals surface area contributed by atoms with Crippen molar-refractivity contribution in [2.24, 2.45) is 0 Å². The first-order valence-electron chi connectivity index (χ1n) is 3.15. The first-order valence-corrected chi connectivity index (χ1v) is 3.15. The van der Waals surface area contributed by atoms with Crippen LogP contribution in [0.4, 0.5) is 13.2 Å². The van der Waals surface area contributed by atoms with Gasteiger partial charge in [0.1, 0.15) is 5.75 Å². The zero-order chi connectivity index (χ0) is 9.19. The summed E-state index contributed by atoms with van der Waals surface area (Å²) < 4.78 is 38.4. The molecule has 1 aromatic rings. The van der Waals surface area contributed by atoms with Crippen LogP contribution >= 0.6 is 17.0 Å². The topological polar surface area (TPSA) is 9.23 Å². The number of hydrogen-bond acceptors (Lipinski definition) is 1. The molecule has 0 N–H and O–H groups in total. The van der Waals surface area contributed by atoms with Crippen molar-refractivity contribution < 1.29 is 37.4 Å². The van der Waals surface area contributed by atoms with Crippen LogP contribution in [0.2, 0.25) is 0 Å². The van der Waals surface area contributed by atoms with Gasteiger partial charge in [-0.3, -0.25) is 0 Å². The van der Waals surface area contributed by atoms with Gasteiger partial charge in [-0.2, -0.15) is 24.6 Å². The molecular weight excluding hydrogens is 314 g/mol. The molecular formula is C8H7BrF3OZn-. The zero-order valence-corrected chi connectivity index (χ0v) is 11.9. The molecule has 0 aliphatic carbocycles. The van der Waals surface area contributed by atoms with Gasteiger partial charge >= 0.3 is 6.36 Å². The Balaban J connectivity index is 0. The molecule has 0 aliphatic rings. The number of alkyl halides is 3. The molecule has 0 fully saturated rings. The third-order valence-corrected chi connectivity index (χ3v) is 1.16. The van der Waals surface area contributed by atoms with Gasteiger partial charge in [-0.1, -0.05) is 12.1 Å². The van der Waals surface area contributed by atoms with E-state index < -0.39 is 6.36 Å². The SMILES string of the molecule is Br.[CH2-]c1ccc(OC(F)(F)F)cc1.[Zn]. The van der Waals surface area contributed by atoms with Crippen LogP contribution < -0.4 is 4.74 Å². The van der Waals surface area contributed by atoms with Crippen molar-refractivity contribution in [1.29, 1.82) is 0 Å². The van der Waals surface area contributed by atoms with Crippen molar-refractivity contribution in [1.82, 2.24) is 0 Å². The van der Waals surface area contributed by atoms with Crippen LogP contribution in [0.3, 0.4) is 0 Å². The van der Waals surface area contributed by atoms with Crippen LogP contribution in [0.5, 0.6) is 5.75 Å². The Hall–Kier alpha value is -0.217. The summed E-state index contributed by atoms with van der Waals surface area (Å²) in [5.41, 5.74) is 0.643. The summed E-state index contributed by atoms with van der Waals surface area (Å²) in [5.74, 6) is -0.227. The first-order chi connectivity index (χ1) is 5.47. The van der Waals surface area contributed by atoms with E-state index in [1.807, 2.05) is 0 Å². The van der Waals surface area contributed by atoms with Gasteiger partial charge in [0.25, 0.3) is 0 Å². The normalized spacial score (nSPS) is 9.64. The van der Waals surface area contributed by atoms with E-state index in [-0.39, 0.29) is 42.2 Å².